The third-order valence-corrected chi connectivity index (χ3v) is 6.17. The van der Waals surface area contributed by atoms with Crippen molar-refractivity contribution < 1.29 is 9.53 Å². The van der Waals surface area contributed by atoms with Crippen molar-refractivity contribution in [2.75, 3.05) is 47.2 Å². The van der Waals surface area contributed by atoms with Crippen LogP contribution in [0, 0.1) is 13.8 Å². The van der Waals surface area contributed by atoms with Crippen molar-refractivity contribution in [1.82, 2.24) is 9.97 Å². The maximum atomic E-state index is 13.1. The highest BCUT2D eigenvalue weighted by Gasteiger charge is 2.25. The van der Waals surface area contributed by atoms with Gasteiger partial charge in [-0.1, -0.05) is 18.2 Å². The number of hydrogen-bond donors (Lipinski definition) is 3. The Bertz CT molecular complexity index is 1150. The van der Waals surface area contributed by atoms with E-state index < -0.39 is 0 Å². The Balaban J connectivity index is 1.33. The molecule has 2 aromatic carbocycles. The lowest BCUT2D eigenvalue weighted by Crippen LogP contribution is -2.36. The van der Waals surface area contributed by atoms with E-state index in [9.17, 15) is 4.79 Å². The number of nitrogens with zero attached hydrogens (tertiary/aromatic N) is 3. The molecule has 1 saturated carbocycles. The van der Waals surface area contributed by atoms with Gasteiger partial charge in [0, 0.05) is 42.4 Å². The van der Waals surface area contributed by atoms with Crippen LogP contribution in [0.5, 0.6) is 0 Å². The largest absolute Gasteiger partial charge is 0.378 e. The minimum Gasteiger partial charge on any atom is -0.378 e. The predicted molar refractivity (Wildman–Crippen MR) is 135 cm³/mol. The van der Waals surface area contributed by atoms with Gasteiger partial charge in [0.1, 0.15) is 11.4 Å². The van der Waals surface area contributed by atoms with Crippen molar-refractivity contribution in [1.29, 1.82) is 0 Å². The first-order valence-electron chi connectivity index (χ1n) is 11.8. The standard InChI is InChI=1S/C26H30N6O2/c1-17-4-3-5-18(2)23(17)30-25(33)22-16-27-26(31-24(22)28-19-6-7-19)29-20-8-10-21(11-9-20)32-12-14-34-15-13-32/h3-5,8-11,16,19H,6-7,12-15H2,1-2H3,(H,30,33)(H2,27,28,29,31). The molecule has 0 radical (unpaired) electrons. The van der Waals surface area contributed by atoms with Crippen LogP contribution in [0.15, 0.2) is 48.7 Å². The van der Waals surface area contributed by atoms with Crippen LogP contribution in [-0.4, -0.2) is 48.2 Å². The second-order valence-corrected chi connectivity index (χ2v) is 8.87. The van der Waals surface area contributed by atoms with Crippen molar-refractivity contribution >= 4 is 34.7 Å². The zero-order valence-corrected chi connectivity index (χ0v) is 19.6. The molecule has 1 aliphatic heterocycles. The van der Waals surface area contributed by atoms with Gasteiger partial charge in [0.2, 0.25) is 5.95 Å². The van der Waals surface area contributed by atoms with E-state index in [1.54, 1.807) is 6.20 Å². The summed E-state index contributed by atoms with van der Waals surface area (Å²) >= 11 is 0. The summed E-state index contributed by atoms with van der Waals surface area (Å²) in [4.78, 5) is 24.5. The molecule has 0 unspecified atom stereocenters. The first-order valence-corrected chi connectivity index (χ1v) is 11.8. The maximum Gasteiger partial charge on any atom is 0.261 e. The summed E-state index contributed by atoms with van der Waals surface area (Å²) in [6, 6.07) is 14.5. The van der Waals surface area contributed by atoms with E-state index in [0.717, 1.165) is 61.6 Å². The van der Waals surface area contributed by atoms with Crippen LogP contribution in [-0.2, 0) is 4.74 Å². The van der Waals surface area contributed by atoms with Gasteiger partial charge < -0.3 is 25.6 Å². The quantitative estimate of drug-likeness (QED) is 0.480. The van der Waals surface area contributed by atoms with Gasteiger partial charge in [-0.25, -0.2) is 4.98 Å². The molecule has 5 rings (SSSR count). The smallest absolute Gasteiger partial charge is 0.261 e. The monoisotopic (exact) mass is 458 g/mol. The summed E-state index contributed by atoms with van der Waals surface area (Å²) in [6.45, 7) is 7.29. The highest BCUT2D eigenvalue weighted by Crippen LogP contribution is 2.28. The minimum absolute atomic E-state index is 0.220. The SMILES string of the molecule is Cc1cccc(C)c1NC(=O)c1cnc(Nc2ccc(N3CCOCC3)cc2)nc1NC1CC1. The zero-order valence-electron chi connectivity index (χ0n) is 19.6. The molecule has 0 bridgehead atoms. The number of morpholine rings is 1. The fourth-order valence-electron chi connectivity index (χ4n) is 4.04. The van der Waals surface area contributed by atoms with Gasteiger partial charge in [0.25, 0.3) is 5.91 Å². The van der Waals surface area contributed by atoms with Crippen LogP contribution < -0.4 is 20.9 Å². The van der Waals surface area contributed by atoms with Gasteiger partial charge in [-0.3, -0.25) is 4.79 Å². The van der Waals surface area contributed by atoms with E-state index in [1.165, 1.54) is 5.69 Å². The van der Waals surface area contributed by atoms with E-state index in [-0.39, 0.29) is 5.91 Å². The van der Waals surface area contributed by atoms with Crippen LogP contribution in [0.3, 0.4) is 0 Å². The maximum absolute atomic E-state index is 13.1. The third kappa shape index (κ3) is 5.12. The van der Waals surface area contributed by atoms with Gasteiger partial charge in [0.05, 0.1) is 13.2 Å². The lowest BCUT2D eigenvalue weighted by Gasteiger charge is -2.28. The molecule has 0 atom stereocenters. The molecule has 0 spiro atoms. The normalized spacial score (nSPS) is 15.6. The van der Waals surface area contributed by atoms with E-state index in [0.29, 0.717) is 23.4 Å². The number of benzene rings is 2. The Morgan fingerprint density at radius 2 is 1.74 bits per heavy atom. The highest BCUT2D eigenvalue weighted by atomic mass is 16.5. The minimum atomic E-state index is -0.220. The van der Waals surface area contributed by atoms with E-state index in [1.807, 2.05) is 44.2 Å². The fraction of sp³-hybridized carbons (Fsp3) is 0.346. The predicted octanol–water partition coefficient (Wildman–Crippen LogP) is 4.50. The summed E-state index contributed by atoms with van der Waals surface area (Å²) < 4.78 is 5.43. The topological polar surface area (TPSA) is 91.4 Å². The molecular weight excluding hydrogens is 428 g/mol. The molecule has 2 aliphatic rings. The average molecular weight is 459 g/mol. The van der Waals surface area contributed by atoms with Crippen LogP contribution in [0.2, 0.25) is 0 Å². The van der Waals surface area contributed by atoms with Gasteiger partial charge >= 0.3 is 0 Å². The number of amides is 1. The molecule has 176 valence electrons. The summed E-state index contributed by atoms with van der Waals surface area (Å²) in [7, 11) is 0. The number of aryl methyl sites for hydroxylation is 2. The second kappa shape index (κ2) is 9.69. The van der Waals surface area contributed by atoms with E-state index in [2.05, 4.69) is 43.0 Å². The van der Waals surface area contributed by atoms with Crippen molar-refractivity contribution in [2.24, 2.45) is 0 Å². The second-order valence-electron chi connectivity index (χ2n) is 8.87. The number of carbonyl (C=O) groups is 1. The van der Waals surface area contributed by atoms with E-state index in [4.69, 9.17) is 4.74 Å². The third-order valence-electron chi connectivity index (χ3n) is 6.17. The molecule has 8 nitrogen and oxygen atoms in total. The van der Waals surface area contributed by atoms with Crippen molar-refractivity contribution in [2.45, 2.75) is 32.7 Å². The number of nitrogens with one attached hydrogen (secondary N) is 3. The molecule has 1 amide bonds. The Hall–Kier alpha value is -3.65. The number of hydrogen-bond acceptors (Lipinski definition) is 7. The molecule has 34 heavy (non-hydrogen) atoms. The Kier molecular flexibility index (Phi) is 6.31. The molecule has 3 N–H and O–H groups in total. The number of carbonyl (C=O) groups excluding carboxylic acids is 1. The zero-order chi connectivity index (χ0) is 23.5. The van der Waals surface area contributed by atoms with Gasteiger partial charge in [-0.15, -0.1) is 0 Å². The van der Waals surface area contributed by atoms with Gasteiger partial charge in [-0.2, -0.15) is 4.98 Å². The molecule has 2 fully saturated rings. The Morgan fingerprint density at radius 3 is 2.41 bits per heavy atom. The summed E-state index contributed by atoms with van der Waals surface area (Å²) in [6.07, 6.45) is 3.74. The van der Waals surface area contributed by atoms with Crippen LogP contribution >= 0.6 is 0 Å². The molecule has 1 aromatic heterocycles. The van der Waals surface area contributed by atoms with Crippen LogP contribution in [0.1, 0.15) is 34.3 Å². The van der Waals surface area contributed by atoms with Gasteiger partial charge in [0.15, 0.2) is 0 Å². The van der Waals surface area contributed by atoms with Crippen molar-refractivity contribution in [3.05, 3.63) is 65.4 Å². The van der Waals surface area contributed by atoms with Crippen LogP contribution in [0.4, 0.5) is 28.8 Å². The van der Waals surface area contributed by atoms with Crippen molar-refractivity contribution in [3.63, 3.8) is 0 Å². The Morgan fingerprint density at radius 1 is 1.03 bits per heavy atom. The molecule has 2 heterocycles. The number of aromatic nitrogens is 2. The summed E-state index contributed by atoms with van der Waals surface area (Å²) in [5.41, 5.74) is 5.36. The van der Waals surface area contributed by atoms with E-state index >= 15 is 0 Å². The summed E-state index contributed by atoms with van der Waals surface area (Å²) in [5, 5.41) is 9.70. The number of anilines is 5. The molecule has 3 aromatic rings. The first-order chi connectivity index (χ1) is 16.6. The van der Waals surface area contributed by atoms with Crippen molar-refractivity contribution in [3.8, 4) is 0 Å². The number of para-hydroxylation sites is 1. The first kappa shape index (κ1) is 22.2. The molecule has 1 aliphatic carbocycles. The summed E-state index contributed by atoms with van der Waals surface area (Å²) in [5.74, 6) is 0.779. The Labute approximate surface area is 199 Å². The average Bonchev–Trinajstić information content (AvgIpc) is 3.67. The lowest BCUT2D eigenvalue weighted by atomic mass is 10.1. The lowest BCUT2D eigenvalue weighted by molar-refractivity contribution is 0.102. The van der Waals surface area contributed by atoms with Gasteiger partial charge in [-0.05, 0) is 62.1 Å². The molecular formula is C26H30N6O2. The molecule has 8 heteroatoms. The van der Waals surface area contributed by atoms with Crippen LogP contribution in [0.25, 0.3) is 0 Å². The number of rotatable bonds is 7. The highest BCUT2D eigenvalue weighted by molar-refractivity contribution is 6.08. The fourth-order valence-corrected chi connectivity index (χ4v) is 4.04. The molecule has 1 saturated heterocycles. The number of ether oxygens (including phenoxy) is 1.